The number of benzene rings is 2. The van der Waals surface area contributed by atoms with Crippen LogP contribution in [0, 0.1) is 0 Å². The van der Waals surface area contributed by atoms with Crippen molar-refractivity contribution >= 4 is 29.6 Å². The van der Waals surface area contributed by atoms with Crippen LogP contribution < -0.4 is 15.0 Å². The molecule has 2 aromatic rings. The number of halogens is 3. The summed E-state index contributed by atoms with van der Waals surface area (Å²) >= 11 is 0. The summed E-state index contributed by atoms with van der Waals surface area (Å²) in [5.74, 6) is -1.62. The SMILES string of the molecule is COc1ccccc1/C=C1\C(=O)NC(=O)N(c2cccc(C(F)(F)F)c2)C1=O. The average molecular weight is 390 g/mol. The third-order valence-corrected chi connectivity index (χ3v) is 3.97. The predicted molar refractivity (Wildman–Crippen MR) is 93.4 cm³/mol. The normalized spacial score (nSPS) is 16.4. The van der Waals surface area contributed by atoms with Crippen molar-refractivity contribution in [1.82, 2.24) is 5.32 Å². The van der Waals surface area contributed by atoms with Gasteiger partial charge in [-0.15, -0.1) is 0 Å². The van der Waals surface area contributed by atoms with Crippen molar-refractivity contribution in [3.63, 3.8) is 0 Å². The lowest BCUT2D eigenvalue weighted by molar-refractivity contribution is -0.137. The molecule has 1 aliphatic heterocycles. The molecule has 0 radical (unpaired) electrons. The number of imide groups is 2. The minimum atomic E-state index is -4.66. The Bertz CT molecular complexity index is 999. The van der Waals surface area contributed by atoms with Crippen LogP contribution in [0.1, 0.15) is 11.1 Å². The number of carbonyl (C=O) groups is 3. The first-order valence-corrected chi connectivity index (χ1v) is 7.94. The molecule has 28 heavy (non-hydrogen) atoms. The van der Waals surface area contributed by atoms with Crippen LogP contribution in [0.3, 0.4) is 0 Å². The predicted octanol–water partition coefficient (Wildman–Crippen LogP) is 3.38. The lowest BCUT2D eigenvalue weighted by atomic mass is 10.1. The Labute approximate surface area is 157 Å². The number of barbiturate groups is 1. The molecule has 1 N–H and O–H groups in total. The Balaban J connectivity index is 2.05. The van der Waals surface area contributed by atoms with Gasteiger partial charge in [0.05, 0.1) is 18.4 Å². The summed E-state index contributed by atoms with van der Waals surface area (Å²) in [6.07, 6.45) is -3.44. The van der Waals surface area contributed by atoms with Gasteiger partial charge in [0.2, 0.25) is 0 Å². The number of nitrogens with one attached hydrogen (secondary N) is 1. The summed E-state index contributed by atoms with van der Waals surface area (Å²) in [6.45, 7) is 0. The van der Waals surface area contributed by atoms with Gasteiger partial charge in [-0.1, -0.05) is 24.3 Å². The monoisotopic (exact) mass is 390 g/mol. The van der Waals surface area contributed by atoms with Gasteiger partial charge in [0.25, 0.3) is 11.8 Å². The molecule has 1 heterocycles. The highest BCUT2D eigenvalue weighted by atomic mass is 19.4. The van der Waals surface area contributed by atoms with Gasteiger partial charge < -0.3 is 4.74 Å². The van der Waals surface area contributed by atoms with Gasteiger partial charge in [0.1, 0.15) is 11.3 Å². The van der Waals surface area contributed by atoms with E-state index < -0.39 is 35.2 Å². The minimum absolute atomic E-state index is 0.309. The van der Waals surface area contributed by atoms with E-state index in [-0.39, 0.29) is 5.69 Å². The zero-order chi connectivity index (χ0) is 20.5. The summed E-state index contributed by atoms with van der Waals surface area (Å²) in [5, 5.41) is 1.96. The van der Waals surface area contributed by atoms with Crippen LogP contribution in [0.5, 0.6) is 5.75 Å². The molecule has 2 aromatic carbocycles. The summed E-state index contributed by atoms with van der Waals surface area (Å²) < 4.78 is 44.0. The number of methoxy groups -OCH3 is 1. The van der Waals surface area contributed by atoms with Gasteiger partial charge in [-0.2, -0.15) is 13.2 Å². The lowest BCUT2D eigenvalue weighted by Gasteiger charge is -2.27. The van der Waals surface area contributed by atoms with Gasteiger partial charge in [-0.3, -0.25) is 14.9 Å². The van der Waals surface area contributed by atoms with E-state index in [1.807, 2.05) is 5.32 Å². The molecular formula is C19H13F3N2O4. The summed E-state index contributed by atoms with van der Waals surface area (Å²) in [4.78, 5) is 37.5. The fourth-order valence-electron chi connectivity index (χ4n) is 2.65. The first kappa shape index (κ1) is 19.2. The third-order valence-electron chi connectivity index (χ3n) is 3.97. The summed E-state index contributed by atoms with van der Waals surface area (Å²) in [7, 11) is 1.40. The molecule has 1 aliphatic rings. The number of nitrogens with zero attached hydrogens (tertiary/aromatic N) is 1. The molecule has 6 nitrogen and oxygen atoms in total. The van der Waals surface area contributed by atoms with E-state index in [2.05, 4.69) is 0 Å². The minimum Gasteiger partial charge on any atom is -0.496 e. The smallest absolute Gasteiger partial charge is 0.416 e. The topological polar surface area (TPSA) is 75.7 Å². The zero-order valence-electron chi connectivity index (χ0n) is 14.4. The molecule has 0 aliphatic carbocycles. The average Bonchev–Trinajstić information content (AvgIpc) is 2.65. The number of hydrogen-bond donors (Lipinski definition) is 1. The number of rotatable bonds is 3. The highest BCUT2D eigenvalue weighted by Gasteiger charge is 2.38. The van der Waals surface area contributed by atoms with Crippen LogP contribution in [0.2, 0.25) is 0 Å². The van der Waals surface area contributed by atoms with Gasteiger partial charge >= 0.3 is 12.2 Å². The summed E-state index contributed by atoms with van der Waals surface area (Å²) in [5.41, 5.74) is -1.36. The largest absolute Gasteiger partial charge is 0.496 e. The van der Waals surface area contributed by atoms with Crippen LogP contribution in [0.4, 0.5) is 23.7 Å². The van der Waals surface area contributed by atoms with Gasteiger partial charge in [0, 0.05) is 5.56 Å². The molecule has 9 heteroatoms. The first-order chi connectivity index (χ1) is 13.2. The molecule has 4 amide bonds. The first-order valence-electron chi connectivity index (χ1n) is 7.94. The third kappa shape index (κ3) is 3.59. The number of carbonyl (C=O) groups excluding carboxylic acids is 3. The van der Waals surface area contributed by atoms with E-state index in [0.29, 0.717) is 22.3 Å². The molecule has 144 valence electrons. The fraction of sp³-hybridized carbons (Fsp3) is 0.105. The number of hydrogen-bond acceptors (Lipinski definition) is 4. The van der Waals surface area contributed by atoms with Crippen LogP contribution in [-0.4, -0.2) is 25.0 Å². The molecule has 0 atom stereocenters. The lowest BCUT2D eigenvalue weighted by Crippen LogP contribution is -2.54. The van der Waals surface area contributed by atoms with E-state index >= 15 is 0 Å². The van der Waals surface area contributed by atoms with Crippen molar-refractivity contribution in [2.75, 3.05) is 12.0 Å². The molecule has 0 unspecified atom stereocenters. The molecular weight excluding hydrogens is 377 g/mol. The Morgan fingerprint density at radius 2 is 1.75 bits per heavy atom. The van der Waals surface area contributed by atoms with Gasteiger partial charge in [-0.05, 0) is 30.3 Å². The maximum Gasteiger partial charge on any atom is 0.416 e. The van der Waals surface area contributed by atoms with Crippen molar-refractivity contribution < 1.29 is 32.3 Å². The van der Waals surface area contributed by atoms with Crippen LogP contribution in [-0.2, 0) is 15.8 Å². The number of alkyl halides is 3. The highest BCUT2D eigenvalue weighted by molar-refractivity contribution is 6.39. The second-order valence-corrected chi connectivity index (χ2v) is 5.75. The molecule has 0 saturated carbocycles. The molecule has 0 spiro atoms. The van der Waals surface area contributed by atoms with Crippen molar-refractivity contribution in [3.05, 3.63) is 65.2 Å². The molecule has 1 saturated heterocycles. The second kappa shape index (κ2) is 7.18. The fourth-order valence-corrected chi connectivity index (χ4v) is 2.65. The number of para-hydroxylation sites is 1. The quantitative estimate of drug-likeness (QED) is 0.644. The van der Waals surface area contributed by atoms with Crippen LogP contribution in [0.25, 0.3) is 6.08 Å². The standard InChI is InChI=1S/C19H13F3N2O4/c1-28-15-8-3-2-5-11(15)9-14-16(25)23-18(27)24(17(14)26)13-7-4-6-12(10-13)19(20,21)22/h2-10H,1H3,(H,23,25,27)/b14-9+. The van der Waals surface area contributed by atoms with E-state index in [4.69, 9.17) is 4.74 Å². The number of amides is 4. The maximum atomic E-state index is 13.0. The Hall–Kier alpha value is -3.62. The Morgan fingerprint density at radius 3 is 2.43 bits per heavy atom. The van der Waals surface area contributed by atoms with Crippen molar-refractivity contribution in [1.29, 1.82) is 0 Å². The zero-order valence-corrected chi connectivity index (χ0v) is 14.4. The van der Waals surface area contributed by atoms with E-state index in [1.54, 1.807) is 24.3 Å². The van der Waals surface area contributed by atoms with Crippen molar-refractivity contribution in [2.24, 2.45) is 0 Å². The second-order valence-electron chi connectivity index (χ2n) is 5.75. The van der Waals surface area contributed by atoms with E-state index in [0.717, 1.165) is 12.1 Å². The number of urea groups is 1. The molecule has 0 aromatic heterocycles. The number of ether oxygens (including phenoxy) is 1. The van der Waals surface area contributed by atoms with Gasteiger partial charge in [-0.25, -0.2) is 9.69 Å². The van der Waals surface area contributed by atoms with E-state index in [9.17, 15) is 27.6 Å². The number of anilines is 1. The van der Waals surface area contributed by atoms with Crippen molar-refractivity contribution in [2.45, 2.75) is 6.18 Å². The van der Waals surface area contributed by atoms with Gasteiger partial charge in [0.15, 0.2) is 0 Å². The van der Waals surface area contributed by atoms with Crippen molar-refractivity contribution in [3.8, 4) is 5.75 Å². The maximum absolute atomic E-state index is 13.0. The Kier molecular flexibility index (Phi) is 4.91. The molecule has 3 rings (SSSR count). The Morgan fingerprint density at radius 1 is 1.04 bits per heavy atom. The molecule has 1 fully saturated rings. The van der Waals surface area contributed by atoms with E-state index in [1.165, 1.54) is 19.3 Å². The summed E-state index contributed by atoms with van der Waals surface area (Å²) in [6, 6.07) is 9.09. The molecule has 0 bridgehead atoms. The van der Waals surface area contributed by atoms with Crippen LogP contribution in [0.15, 0.2) is 54.1 Å². The highest BCUT2D eigenvalue weighted by Crippen LogP contribution is 2.33. The van der Waals surface area contributed by atoms with Crippen LogP contribution >= 0.6 is 0 Å².